The summed E-state index contributed by atoms with van der Waals surface area (Å²) in [5, 5.41) is 12.7. The maximum Gasteiger partial charge on any atom is 0.222 e. The minimum absolute atomic E-state index is 0.0442. The molecule has 17 heavy (non-hydrogen) atoms. The van der Waals surface area contributed by atoms with Gasteiger partial charge in [-0.15, -0.1) is 0 Å². The lowest BCUT2D eigenvalue weighted by Gasteiger charge is -2.24. The Balaban J connectivity index is 1.66. The highest BCUT2D eigenvalue weighted by molar-refractivity contribution is 5.76. The summed E-state index contributed by atoms with van der Waals surface area (Å²) in [4.78, 5) is 11.7. The Morgan fingerprint density at radius 1 is 1.41 bits per heavy atom. The van der Waals surface area contributed by atoms with Gasteiger partial charge in [0.05, 0.1) is 19.1 Å². The number of carbonyl (C=O) groups excluding carboxylic acids is 1. The van der Waals surface area contributed by atoms with Crippen LogP contribution in [-0.2, 0) is 14.3 Å². The highest BCUT2D eigenvalue weighted by Gasteiger charge is 2.32. The zero-order valence-corrected chi connectivity index (χ0v) is 10.1. The van der Waals surface area contributed by atoms with Gasteiger partial charge in [0.2, 0.25) is 5.91 Å². The van der Waals surface area contributed by atoms with Crippen molar-refractivity contribution in [3.8, 4) is 0 Å². The van der Waals surface area contributed by atoms with Gasteiger partial charge < -0.3 is 19.9 Å². The Morgan fingerprint density at radius 3 is 2.94 bits per heavy atom. The van der Waals surface area contributed by atoms with Gasteiger partial charge in [-0.25, -0.2) is 0 Å². The van der Waals surface area contributed by atoms with Gasteiger partial charge in [-0.3, -0.25) is 4.79 Å². The van der Waals surface area contributed by atoms with Gasteiger partial charge in [0.25, 0.3) is 0 Å². The van der Waals surface area contributed by atoms with E-state index < -0.39 is 5.60 Å². The quantitative estimate of drug-likeness (QED) is 0.741. The molecule has 0 radical (unpaired) electrons. The van der Waals surface area contributed by atoms with Crippen LogP contribution in [-0.4, -0.2) is 49.1 Å². The van der Waals surface area contributed by atoms with Crippen molar-refractivity contribution in [2.24, 2.45) is 0 Å². The molecule has 0 aromatic carbocycles. The monoisotopic (exact) mass is 243 g/mol. The number of aliphatic hydroxyl groups is 1. The molecule has 0 spiro atoms. The molecule has 2 heterocycles. The molecule has 2 atom stereocenters. The van der Waals surface area contributed by atoms with Crippen molar-refractivity contribution >= 4 is 5.91 Å². The molecule has 0 aromatic heterocycles. The number of rotatable bonds is 4. The zero-order chi connectivity index (χ0) is 12.1. The van der Waals surface area contributed by atoms with E-state index in [0.29, 0.717) is 26.1 Å². The van der Waals surface area contributed by atoms with Crippen molar-refractivity contribution in [3.05, 3.63) is 0 Å². The van der Waals surface area contributed by atoms with Crippen molar-refractivity contribution < 1.29 is 19.4 Å². The summed E-state index contributed by atoms with van der Waals surface area (Å²) in [6.45, 7) is 1.92. The van der Waals surface area contributed by atoms with Crippen LogP contribution >= 0.6 is 0 Å². The topological polar surface area (TPSA) is 67.8 Å². The van der Waals surface area contributed by atoms with Crippen LogP contribution in [0.4, 0.5) is 0 Å². The lowest BCUT2D eigenvalue weighted by molar-refractivity contribution is -0.126. The Hall–Kier alpha value is -0.650. The normalized spacial score (nSPS) is 33.6. The van der Waals surface area contributed by atoms with Crippen LogP contribution in [0.5, 0.6) is 0 Å². The molecule has 1 amide bonds. The van der Waals surface area contributed by atoms with E-state index in [0.717, 1.165) is 25.9 Å². The van der Waals surface area contributed by atoms with Gasteiger partial charge in [-0.1, -0.05) is 0 Å². The van der Waals surface area contributed by atoms with E-state index in [9.17, 15) is 9.90 Å². The smallest absolute Gasteiger partial charge is 0.222 e. The van der Waals surface area contributed by atoms with Gasteiger partial charge in [-0.05, 0) is 19.3 Å². The average molecular weight is 243 g/mol. The first-order valence-corrected chi connectivity index (χ1v) is 6.36. The van der Waals surface area contributed by atoms with E-state index in [1.807, 2.05) is 0 Å². The second-order valence-electron chi connectivity index (χ2n) is 5.00. The molecule has 0 aromatic rings. The van der Waals surface area contributed by atoms with Gasteiger partial charge >= 0.3 is 0 Å². The van der Waals surface area contributed by atoms with Crippen LogP contribution in [0.15, 0.2) is 0 Å². The van der Waals surface area contributed by atoms with Crippen LogP contribution in [0.1, 0.15) is 32.1 Å². The second kappa shape index (κ2) is 5.80. The van der Waals surface area contributed by atoms with Gasteiger partial charge in [0.1, 0.15) is 5.60 Å². The first-order valence-electron chi connectivity index (χ1n) is 6.36. The van der Waals surface area contributed by atoms with E-state index in [1.165, 1.54) is 0 Å². The minimum Gasteiger partial charge on any atom is -0.386 e. The Bertz CT molecular complexity index is 257. The van der Waals surface area contributed by atoms with Crippen molar-refractivity contribution in [3.63, 3.8) is 0 Å². The fourth-order valence-corrected chi connectivity index (χ4v) is 2.25. The summed E-state index contributed by atoms with van der Waals surface area (Å²) in [7, 11) is 0. The number of amides is 1. The van der Waals surface area contributed by atoms with Crippen LogP contribution in [0, 0.1) is 0 Å². The molecule has 5 nitrogen and oxygen atoms in total. The summed E-state index contributed by atoms with van der Waals surface area (Å²) >= 11 is 0. The van der Waals surface area contributed by atoms with Gasteiger partial charge in [0, 0.05) is 26.2 Å². The lowest BCUT2D eigenvalue weighted by Crippen LogP contribution is -2.44. The summed E-state index contributed by atoms with van der Waals surface area (Å²) in [6.07, 6.45) is 4.23. The molecule has 2 saturated heterocycles. The number of nitrogens with one attached hydrogen (secondary N) is 1. The van der Waals surface area contributed by atoms with Crippen molar-refractivity contribution in [1.82, 2.24) is 5.32 Å². The first-order chi connectivity index (χ1) is 8.18. The summed E-state index contributed by atoms with van der Waals surface area (Å²) in [5.41, 5.74) is -0.872. The fourth-order valence-electron chi connectivity index (χ4n) is 2.25. The SMILES string of the molecule is O=C(CC1CCCCO1)NCC1(O)CCOC1. The largest absolute Gasteiger partial charge is 0.386 e. The summed E-state index contributed by atoms with van der Waals surface area (Å²) in [5.74, 6) is -0.0442. The zero-order valence-electron chi connectivity index (χ0n) is 10.1. The van der Waals surface area contributed by atoms with Gasteiger partial charge in [0.15, 0.2) is 0 Å². The number of ether oxygens (including phenoxy) is 2. The third-order valence-electron chi connectivity index (χ3n) is 3.38. The molecule has 2 unspecified atom stereocenters. The maximum absolute atomic E-state index is 11.7. The van der Waals surface area contributed by atoms with E-state index in [-0.39, 0.29) is 18.6 Å². The molecule has 2 fully saturated rings. The number of hydrogen-bond donors (Lipinski definition) is 2. The molecule has 0 bridgehead atoms. The molecule has 0 saturated carbocycles. The fraction of sp³-hybridized carbons (Fsp3) is 0.917. The van der Waals surface area contributed by atoms with Gasteiger partial charge in [-0.2, -0.15) is 0 Å². The van der Waals surface area contributed by atoms with E-state index >= 15 is 0 Å². The molecule has 0 aliphatic carbocycles. The first kappa shape index (κ1) is 12.8. The Kier molecular flexibility index (Phi) is 4.36. The standard InChI is InChI=1S/C12H21NO4/c14-11(7-10-3-1-2-5-17-10)13-8-12(15)4-6-16-9-12/h10,15H,1-9H2,(H,13,14). The predicted molar refractivity (Wildman–Crippen MR) is 61.6 cm³/mol. The Labute approximate surface area is 101 Å². The predicted octanol–water partition coefficient (Wildman–Crippen LogP) is 0.213. The minimum atomic E-state index is -0.872. The molecule has 5 heteroatoms. The van der Waals surface area contributed by atoms with E-state index in [4.69, 9.17) is 9.47 Å². The van der Waals surface area contributed by atoms with Crippen LogP contribution in [0.25, 0.3) is 0 Å². The maximum atomic E-state index is 11.7. The molecular weight excluding hydrogens is 222 g/mol. The summed E-state index contributed by atoms with van der Waals surface area (Å²) in [6, 6.07) is 0. The van der Waals surface area contributed by atoms with Crippen LogP contribution in [0.3, 0.4) is 0 Å². The average Bonchev–Trinajstić information content (AvgIpc) is 2.76. The van der Waals surface area contributed by atoms with Crippen molar-refractivity contribution in [2.45, 2.75) is 43.8 Å². The third kappa shape index (κ3) is 3.94. The molecule has 98 valence electrons. The molecular formula is C12H21NO4. The lowest BCUT2D eigenvalue weighted by atomic mass is 10.0. The number of hydrogen-bond acceptors (Lipinski definition) is 4. The number of carbonyl (C=O) groups is 1. The molecule has 2 aliphatic heterocycles. The highest BCUT2D eigenvalue weighted by atomic mass is 16.5. The van der Waals surface area contributed by atoms with E-state index in [1.54, 1.807) is 0 Å². The van der Waals surface area contributed by atoms with Crippen LogP contribution in [0.2, 0.25) is 0 Å². The second-order valence-corrected chi connectivity index (χ2v) is 5.00. The molecule has 2 aliphatic rings. The van der Waals surface area contributed by atoms with Crippen molar-refractivity contribution in [1.29, 1.82) is 0 Å². The molecule has 2 N–H and O–H groups in total. The van der Waals surface area contributed by atoms with Crippen molar-refractivity contribution in [2.75, 3.05) is 26.4 Å². The third-order valence-corrected chi connectivity index (χ3v) is 3.38. The van der Waals surface area contributed by atoms with E-state index in [2.05, 4.69) is 5.32 Å². The highest BCUT2D eigenvalue weighted by Crippen LogP contribution is 2.18. The Morgan fingerprint density at radius 2 is 2.29 bits per heavy atom. The molecule has 2 rings (SSSR count). The summed E-state index contributed by atoms with van der Waals surface area (Å²) < 4.78 is 10.6. The van der Waals surface area contributed by atoms with Crippen LogP contribution < -0.4 is 5.32 Å².